The zero-order valence-corrected chi connectivity index (χ0v) is 15.9. The van der Waals surface area contributed by atoms with Gasteiger partial charge in [-0.2, -0.15) is 0 Å². The highest BCUT2D eigenvalue weighted by molar-refractivity contribution is 9.10. The number of rotatable bonds is 8. The Morgan fingerprint density at radius 1 is 1.37 bits per heavy atom. The number of anilines is 1. The summed E-state index contributed by atoms with van der Waals surface area (Å²) in [6.45, 7) is 2.47. The van der Waals surface area contributed by atoms with Crippen LogP contribution >= 0.6 is 15.9 Å². The smallest absolute Gasteiger partial charge is 0.365 e. The molecule has 2 aromatic heterocycles. The van der Waals surface area contributed by atoms with E-state index in [9.17, 15) is 9.18 Å². The molecule has 0 atom stereocenters. The molecule has 0 aliphatic rings. The van der Waals surface area contributed by atoms with Crippen molar-refractivity contribution in [2.75, 3.05) is 11.9 Å². The van der Waals surface area contributed by atoms with E-state index < -0.39 is 11.6 Å². The SMILES string of the molecule is CCC(=N)CCCNc1nonc1-c1noc(=O)n1-c1ccc(F)c(Br)c1. The number of hydrogen-bond acceptors (Lipinski definition) is 8. The fourth-order valence-corrected chi connectivity index (χ4v) is 2.75. The van der Waals surface area contributed by atoms with Crippen molar-refractivity contribution in [2.45, 2.75) is 26.2 Å². The van der Waals surface area contributed by atoms with Crippen LogP contribution < -0.4 is 11.1 Å². The molecule has 2 heterocycles. The Morgan fingerprint density at radius 3 is 2.93 bits per heavy atom. The second kappa shape index (κ2) is 8.25. The van der Waals surface area contributed by atoms with Crippen molar-refractivity contribution >= 4 is 27.5 Å². The van der Waals surface area contributed by atoms with E-state index in [0.717, 1.165) is 17.4 Å². The normalized spacial score (nSPS) is 10.9. The average Bonchev–Trinajstić information content (AvgIpc) is 3.27. The Hall–Kier alpha value is -2.82. The van der Waals surface area contributed by atoms with Crippen LogP contribution in [0.5, 0.6) is 0 Å². The molecule has 3 rings (SSSR count). The predicted molar refractivity (Wildman–Crippen MR) is 98.8 cm³/mol. The van der Waals surface area contributed by atoms with Crippen LogP contribution in [-0.4, -0.2) is 32.3 Å². The van der Waals surface area contributed by atoms with Crippen molar-refractivity contribution in [3.05, 3.63) is 39.0 Å². The molecule has 0 saturated carbocycles. The Morgan fingerprint density at radius 2 is 2.19 bits per heavy atom. The van der Waals surface area contributed by atoms with E-state index in [1.165, 1.54) is 18.2 Å². The maximum absolute atomic E-state index is 13.5. The van der Waals surface area contributed by atoms with E-state index >= 15 is 0 Å². The van der Waals surface area contributed by atoms with Gasteiger partial charge in [0, 0.05) is 12.3 Å². The zero-order valence-electron chi connectivity index (χ0n) is 14.3. The molecule has 0 spiro atoms. The Balaban J connectivity index is 1.86. The van der Waals surface area contributed by atoms with Gasteiger partial charge in [0.2, 0.25) is 11.6 Å². The molecule has 0 aliphatic carbocycles. The topological polar surface area (TPSA) is 123 Å². The molecule has 2 N–H and O–H groups in total. The molecular formula is C16H16BrFN6O3. The highest BCUT2D eigenvalue weighted by Crippen LogP contribution is 2.26. The third-order valence-corrected chi connectivity index (χ3v) is 4.45. The first kappa shape index (κ1) is 19.0. The summed E-state index contributed by atoms with van der Waals surface area (Å²) >= 11 is 3.09. The second-order valence-corrected chi connectivity index (χ2v) is 6.51. The highest BCUT2D eigenvalue weighted by Gasteiger charge is 2.23. The Labute approximate surface area is 161 Å². The minimum Gasteiger partial charge on any atom is -0.365 e. The van der Waals surface area contributed by atoms with E-state index in [0.29, 0.717) is 30.2 Å². The van der Waals surface area contributed by atoms with Gasteiger partial charge in [-0.05, 0) is 63.7 Å². The van der Waals surface area contributed by atoms with Gasteiger partial charge < -0.3 is 10.7 Å². The van der Waals surface area contributed by atoms with Crippen LogP contribution in [0.1, 0.15) is 26.2 Å². The minimum absolute atomic E-state index is 0.0727. The third kappa shape index (κ3) is 4.13. The van der Waals surface area contributed by atoms with E-state index in [2.05, 4.69) is 36.7 Å². The maximum Gasteiger partial charge on any atom is 0.446 e. The van der Waals surface area contributed by atoms with Crippen LogP contribution in [0.2, 0.25) is 0 Å². The number of hydrogen-bond donors (Lipinski definition) is 2. The van der Waals surface area contributed by atoms with Gasteiger partial charge in [0.25, 0.3) is 0 Å². The fourth-order valence-electron chi connectivity index (χ4n) is 2.39. The minimum atomic E-state index is -0.756. The van der Waals surface area contributed by atoms with Crippen molar-refractivity contribution in [1.82, 2.24) is 20.0 Å². The highest BCUT2D eigenvalue weighted by atomic mass is 79.9. The van der Waals surface area contributed by atoms with Gasteiger partial charge in [-0.3, -0.25) is 4.52 Å². The largest absolute Gasteiger partial charge is 0.446 e. The van der Waals surface area contributed by atoms with Crippen molar-refractivity contribution in [2.24, 2.45) is 0 Å². The molecule has 0 unspecified atom stereocenters. The van der Waals surface area contributed by atoms with Gasteiger partial charge in [-0.25, -0.2) is 18.4 Å². The number of benzene rings is 1. The van der Waals surface area contributed by atoms with E-state index in [4.69, 9.17) is 14.6 Å². The lowest BCUT2D eigenvalue weighted by Gasteiger charge is -2.06. The molecule has 0 bridgehead atoms. The number of aromatic nitrogens is 4. The van der Waals surface area contributed by atoms with Crippen LogP contribution in [0.15, 0.2) is 36.6 Å². The van der Waals surface area contributed by atoms with E-state index in [1.807, 2.05) is 6.92 Å². The number of nitrogens with zero attached hydrogens (tertiary/aromatic N) is 4. The van der Waals surface area contributed by atoms with Crippen LogP contribution in [-0.2, 0) is 0 Å². The molecule has 0 radical (unpaired) electrons. The van der Waals surface area contributed by atoms with Crippen molar-refractivity contribution in [1.29, 1.82) is 5.41 Å². The molecular weight excluding hydrogens is 423 g/mol. The molecule has 11 heteroatoms. The summed E-state index contributed by atoms with van der Waals surface area (Å²) < 4.78 is 24.4. The molecule has 0 fully saturated rings. The first-order valence-corrected chi connectivity index (χ1v) is 8.97. The lowest BCUT2D eigenvalue weighted by atomic mass is 10.2. The van der Waals surface area contributed by atoms with Gasteiger partial charge in [0.1, 0.15) is 5.82 Å². The molecule has 27 heavy (non-hydrogen) atoms. The van der Waals surface area contributed by atoms with Gasteiger partial charge in [0.15, 0.2) is 5.69 Å². The van der Waals surface area contributed by atoms with Crippen LogP contribution in [0, 0.1) is 11.2 Å². The molecule has 1 aromatic carbocycles. The summed E-state index contributed by atoms with van der Waals surface area (Å²) in [5, 5.41) is 22.0. The molecule has 142 valence electrons. The van der Waals surface area contributed by atoms with Gasteiger partial charge in [-0.1, -0.05) is 12.1 Å². The zero-order chi connectivity index (χ0) is 19.4. The quantitative estimate of drug-likeness (QED) is 0.407. The lowest BCUT2D eigenvalue weighted by molar-refractivity contribution is 0.309. The predicted octanol–water partition coefficient (Wildman–Crippen LogP) is 3.40. The lowest BCUT2D eigenvalue weighted by Crippen LogP contribution is -2.14. The number of nitrogens with one attached hydrogen (secondary N) is 2. The molecule has 0 amide bonds. The average molecular weight is 439 g/mol. The first-order chi connectivity index (χ1) is 13.0. The standard InChI is InChI=1S/C16H16BrFN6O3/c1-2-9(19)4-3-7-20-14-13(21-27-22-14)15-23-26-16(25)24(15)10-5-6-12(18)11(17)8-10/h5-6,8,19H,2-4,7H2,1H3,(H,20,22). The molecule has 9 nitrogen and oxygen atoms in total. The van der Waals surface area contributed by atoms with Crippen molar-refractivity contribution in [3.8, 4) is 17.2 Å². The van der Waals surface area contributed by atoms with Gasteiger partial charge in [-0.15, -0.1) is 0 Å². The third-order valence-electron chi connectivity index (χ3n) is 3.84. The van der Waals surface area contributed by atoms with Crippen LogP contribution in [0.4, 0.5) is 10.2 Å². The van der Waals surface area contributed by atoms with Crippen LogP contribution in [0.25, 0.3) is 17.2 Å². The van der Waals surface area contributed by atoms with E-state index in [-0.39, 0.29) is 16.0 Å². The summed E-state index contributed by atoms with van der Waals surface area (Å²) in [6, 6.07) is 4.05. The fraction of sp³-hybridized carbons (Fsp3) is 0.312. The van der Waals surface area contributed by atoms with Gasteiger partial charge in [0.05, 0.1) is 10.2 Å². The van der Waals surface area contributed by atoms with Gasteiger partial charge >= 0.3 is 5.76 Å². The summed E-state index contributed by atoms with van der Waals surface area (Å²) in [5.41, 5.74) is 1.20. The van der Waals surface area contributed by atoms with Crippen LogP contribution in [0.3, 0.4) is 0 Å². The summed E-state index contributed by atoms with van der Waals surface area (Å²) in [4.78, 5) is 12.1. The van der Waals surface area contributed by atoms with Crippen molar-refractivity contribution in [3.63, 3.8) is 0 Å². The van der Waals surface area contributed by atoms with Crippen molar-refractivity contribution < 1.29 is 13.5 Å². The first-order valence-electron chi connectivity index (χ1n) is 8.18. The summed E-state index contributed by atoms with van der Waals surface area (Å²) in [6.07, 6.45) is 2.12. The van der Waals surface area contributed by atoms with E-state index in [1.54, 1.807) is 0 Å². The molecule has 0 aliphatic heterocycles. The number of halogens is 2. The summed E-state index contributed by atoms with van der Waals surface area (Å²) in [7, 11) is 0. The monoisotopic (exact) mass is 438 g/mol. The second-order valence-electron chi connectivity index (χ2n) is 5.65. The maximum atomic E-state index is 13.5. The summed E-state index contributed by atoms with van der Waals surface area (Å²) in [5.74, 6) is -0.855. The molecule has 0 saturated heterocycles. The Kier molecular flexibility index (Phi) is 5.79. The molecule has 3 aromatic rings. The Bertz CT molecular complexity index is 1010.